The lowest BCUT2D eigenvalue weighted by atomic mass is 9.97. The highest BCUT2D eigenvalue weighted by Crippen LogP contribution is 2.34. The number of nitrogen functional groups attached to an aromatic ring is 1. The molecule has 1 fully saturated rings. The minimum Gasteiger partial charge on any atom is -0.396 e. The van der Waals surface area contributed by atoms with Crippen molar-refractivity contribution >= 4 is 22.3 Å². The number of benzene rings is 1. The SMILES string of the molecule is Nc1cnc2ccccc2c1N1CCCC(CO)C1. The summed E-state index contributed by atoms with van der Waals surface area (Å²) in [5.41, 5.74) is 8.90. The van der Waals surface area contributed by atoms with Crippen LogP contribution in [0.4, 0.5) is 11.4 Å². The van der Waals surface area contributed by atoms with Crippen LogP contribution in [0.3, 0.4) is 0 Å². The quantitative estimate of drug-likeness (QED) is 0.864. The Kier molecular flexibility index (Phi) is 3.25. The summed E-state index contributed by atoms with van der Waals surface area (Å²) in [5, 5.41) is 10.5. The average molecular weight is 257 g/mol. The van der Waals surface area contributed by atoms with Gasteiger partial charge in [0.25, 0.3) is 0 Å². The minimum absolute atomic E-state index is 0.249. The summed E-state index contributed by atoms with van der Waals surface area (Å²) in [7, 11) is 0. The van der Waals surface area contributed by atoms with Gasteiger partial charge in [-0.25, -0.2) is 0 Å². The second-order valence-corrected chi connectivity index (χ2v) is 5.22. The Balaban J connectivity index is 2.06. The lowest BCUT2D eigenvalue weighted by Crippen LogP contribution is -2.37. The van der Waals surface area contributed by atoms with E-state index in [9.17, 15) is 5.11 Å². The van der Waals surface area contributed by atoms with Crippen LogP contribution in [0, 0.1) is 5.92 Å². The zero-order chi connectivity index (χ0) is 13.2. The van der Waals surface area contributed by atoms with E-state index in [1.807, 2.05) is 18.2 Å². The first-order chi connectivity index (χ1) is 9.29. The highest BCUT2D eigenvalue weighted by molar-refractivity contribution is 5.97. The lowest BCUT2D eigenvalue weighted by Gasteiger charge is -2.34. The molecule has 3 rings (SSSR count). The Labute approximate surface area is 112 Å². The number of aliphatic hydroxyl groups is 1. The van der Waals surface area contributed by atoms with Gasteiger partial charge in [-0.1, -0.05) is 18.2 Å². The van der Waals surface area contributed by atoms with Crippen LogP contribution in [-0.2, 0) is 0 Å². The monoisotopic (exact) mass is 257 g/mol. The number of para-hydroxylation sites is 1. The van der Waals surface area contributed by atoms with E-state index in [0.29, 0.717) is 5.92 Å². The first kappa shape index (κ1) is 12.2. The van der Waals surface area contributed by atoms with E-state index in [2.05, 4.69) is 16.0 Å². The van der Waals surface area contributed by atoms with E-state index in [0.717, 1.165) is 48.2 Å². The molecule has 0 amide bonds. The van der Waals surface area contributed by atoms with E-state index < -0.39 is 0 Å². The molecule has 0 bridgehead atoms. The predicted molar refractivity (Wildman–Crippen MR) is 78.2 cm³/mol. The summed E-state index contributed by atoms with van der Waals surface area (Å²) < 4.78 is 0. The van der Waals surface area contributed by atoms with Crippen molar-refractivity contribution in [2.24, 2.45) is 5.92 Å². The van der Waals surface area contributed by atoms with E-state index in [4.69, 9.17) is 5.73 Å². The van der Waals surface area contributed by atoms with Crippen LogP contribution in [0.15, 0.2) is 30.5 Å². The summed E-state index contributed by atoms with van der Waals surface area (Å²) in [5.74, 6) is 0.347. The second-order valence-electron chi connectivity index (χ2n) is 5.22. The van der Waals surface area contributed by atoms with Gasteiger partial charge in [-0.2, -0.15) is 0 Å². The molecule has 1 aromatic heterocycles. The fourth-order valence-corrected chi connectivity index (χ4v) is 2.91. The maximum Gasteiger partial charge on any atom is 0.0745 e. The molecule has 0 saturated carbocycles. The molecule has 1 aliphatic heterocycles. The van der Waals surface area contributed by atoms with Crippen molar-refractivity contribution in [1.29, 1.82) is 0 Å². The molecule has 1 atom stereocenters. The third-order valence-corrected chi connectivity index (χ3v) is 3.87. The molecule has 0 spiro atoms. The summed E-state index contributed by atoms with van der Waals surface area (Å²) in [6.07, 6.45) is 3.93. The number of nitrogens with zero attached hydrogens (tertiary/aromatic N) is 2. The van der Waals surface area contributed by atoms with Gasteiger partial charge in [0.1, 0.15) is 0 Å². The Morgan fingerprint density at radius 2 is 2.21 bits per heavy atom. The number of hydrogen-bond acceptors (Lipinski definition) is 4. The smallest absolute Gasteiger partial charge is 0.0745 e. The number of anilines is 2. The van der Waals surface area contributed by atoms with Gasteiger partial charge in [0.15, 0.2) is 0 Å². The number of fused-ring (bicyclic) bond motifs is 1. The normalized spacial score (nSPS) is 19.8. The molecule has 3 N–H and O–H groups in total. The molecule has 1 aliphatic rings. The van der Waals surface area contributed by atoms with Crippen LogP contribution in [0.1, 0.15) is 12.8 Å². The Morgan fingerprint density at radius 3 is 3.05 bits per heavy atom. The largest absolute Gasteiger partial charge is 0.396 e. The number of aliphatic hydroxyl groups excluding tert-OH is 1. The first-order valence-corrected chi connectivity index (χ1v) is 6.78. The topological polar surface area (TPSA) is 62.4 Å². The van der Waals surface area contributed by atoms with E-state index >= 15 is 0 Å². The molecule has 1 unspecified atom stereocenters. The van der Waals surface area contributed by atoms with Gasteiger partial charge in [0, 0.05) is 25.1 Å². The van der Waals surface area contributed by atoms with Gasteiger partial charge < -0.3 is 15.7 Å². The first-order valence-electron chi connectivity index (χ1n) is 6.78. The second kappa shape index (κ2) is 5.05. The van der Waals surface area contributed by atoms with Crippen molar-refractivity contribution in [2.45, 2.75) is 12.8 Å². The van der Waals surface area contributed by atoms with E-state index in [-0.39, 0.29) is 6.61 Å². The molecule has 4 nitrogen and oxygen atoms in total. The molecular formula is C15H19N3O. The standard InChI is InChI=1S/C15H19N3O/c16-13-8-17-14-6-2-1-5-12(14)15(13)18-7-3-4-11(9-18)10-19/h1-2,5-6,8,11,19H,3-4,7,9-10,16H2. The van der Waals surface area contributed by atoms with Gasteiger partial charge in [0.05, 0.1) is 23.1 Å². The van der Waals surface area contributed by atoms with Crippen LogP contribution in [0.25, 0.3) is 10.9 Å². The van der Waals surface area contributed by atoms with Gasteiger partial charge in [-0.05, 0) is 24.8 Å². The lowest BCUT2D eigenvalue weighted by molar-refractivity contribution is 0.209. The molecule has 1 saturated heterocycles. The minimum atomic E-state index is 0.249. The number of rotatable bonds is 2. The van der Waals surface area contributed by atoms with Gasteiger partial charge in [-0.15, -0.1) is 0 Å². The number of aromatic nitrogens is 1. The maximum absolute atomic E-state index is 9.37. The summed E-state index contributed by atoms with van der Waals surface area (Å²) in [4.78, 5) is 6.67. The van der Waals surface area contributed by atoms with Crippen molar-refractivity contribution in [3.05, 3.63) is 30.5 Å². The fourth-order valence-electron chi connectivity index (χ4n) is 2.91. The molecule has 0 aliphatic carbocycles. The van der Waals surface area contributed by atoms with E-state index in [1.54, 1.807) is 6.20 Å². The van der Waals surface area contributed by atoms with Crippen LogP contribution in [0.5, 0.6) is 0 Å². The zero-order valence-corrected chi connectivity index (χ0v) is 10.9. The molecule has 0 radical (unpaired) electrons. The summed E-state index contributed by atoms with van der Waals surface area (Å²) >= 11 is 0. The zero-order valence-electron chi connectivity index (χ0n) is 10.9. The van der Waals surface area contributed by atoms with Gasteiger partial charge in [-0.3, -0.25) is 4.98 Å². The number of pyridine rings is 1. The highest BCUT2D eigenvalue weighted by atomic mass is 16.3. The molecule has 2 heterocycles. The predicted octanol–water partition coefficient (Wildman–Crippen LogP) is 2.03. The summed E-state index contributed by atoms with van der Waals surface area (Å²) in [6, 6.07) is 8.07. The number of nitrogens with two attached hydrogens (primary N) is 1. The van der Waals surface area contributed by atoms with E-state index in [1.165, 1.54) is 0 Å². The van der Waals surface area contributed by atoms with Crippen molar-refractivity contribution in [3.63, 3.8) is 0 Å². The van der Waals surface area contributed by atoms with Crippen molar-refractivity contribution in [3.8, 4) is 0 Å². The molecule has 19 heavy (non-hydrogen) atoms. The van der Waals surface area contributed by atoms with Crippen LogP contribution in [-0.4, -0.2) is 29.8 Å². The van der Waals surface area contributed by atoms with Crippen LogP contribution >= 0.6 is 0 Å². The molecule has 2 aromatic rings. The number of piperidine rings is 1. The van der Waals surface area contributed by atoms with Crippen molar-refractivity contribution in [2.75, 3.05) is 30.3 Å². The Hall–Kier alpha value is -1.81. The third-order valence-electron chi connectivity index (χ3n) is 3.87. The fraction of sp³-hybridized carbons (Fsp3) is 0.400. The third kappa shape index (κ3) is 2.24. The van der Waals surface area contributed by atoms with Gasteiger partial charge >= 0.3 is 0 Å². The molecule has 1 aromatic carbocycles. The summed E-state index contributed by atoms with van der Waals surface area (Å²) in [6.45, 7) is 2.11. The van der Waals surface area contributed by atoms with Crippen molar-refractivity contribution in [1.82, 2.24) is 4.98 Å². The van der Waals surface area contributed by atoms with Crippen LogP contribution < -0.4 is 10.6 Å². The maximum atomic E-state index is 9.37. The highest BCUT2D eigenvalue weighted by Gasteiger charge is 2.22. The average Bonchev–Trinajstić information content (AvgIpc) is 2.47. The Bertz CT molecular complexity index is 585. The van der Waals surface area contributed by atoms with Crippen LogP contribution in [0.2, 0.25) is 0 Å². The van der Waals surface area contributed by atoms with Gasteiger partial charge in [0.2, 0.25) is 0 Å². The Morgan fingerprint density at radius 1 is 1.37 bits per heavy atom. The molecule has 100 valence electrons. The molecular weight excluding hydrogens is 238 g/mol. The van der Waals surface area contributed by atoms with Crippen molar-refractivity contribution < 1.29 is 5.11 Å². The molecule has 4 heteroatoms. The number of hydrogen-bond donors (Lipinski definition) is 2.